The second-order valence-electron chi connectivity index (χ2n) is 5.77. The number of nitrogens with one attached hydrogen (secondary N) is 1. The van der Waals surface area contributed by atoms with Gasteiger partial charge in [-0.15, -0.1) is 0 Å². The largest absolute Gasteiger partial charge is 0.352 e. The number of benzene rings is 1. The number of hydrogen-bond donors (Lipinski definition) is 1. The first-order chi connectivity index (χ1) is 9.42. The van der Waals surface area contributed by atoms with E-state index < -0.39 is 37.1 Å². The highest BCUT2D eigenvalue weighted by atomic mass is 35.7. The molecule has 0 saturated carbocycles. The van der Waals surface area contributed by atoms with E-state index in [0.717, 1.165) is 0 Å². The minimum atomic E-state index is -4.48. The first kappa shape index (κ1) is 17.8. The number of hydrogen-bond acceptors (Lipinski definition) is 3. The van der Waals surface area contributed by atoms with Crippen molar-refractivity contribution in [1.82, 2.24) is 5.32 Å². The number of amides is 1. The van der Waals surface area contributed by atoms with Crippen LogP contribution in [0.15, 0.2) is 17.0 Å². The molecule has 0 radical (unpaired) electrons. The number of carbonyl (C=O) groups excluding carboxylic acids is 1. The predicted molar refractivity (Wildman–Crippen MR) is 75.8 cm³/mol. The lowest BCUT2D eigenvalue weighted by molar-refractivity contribution is 0.0944. The van der Waals surface area contributed by atoms with Crippen molar-refractivity contribution in [3.63, 3.8) is 0 Å². The van der Waals surface area contributed by atoms with Gasteiger partial charge in [0.15, 0.2) is 5.82 Å². The zero-order valence-electron chi connectivity index (χ0n) is 11.8. The van der Waals surface area contributed by atoms with Crippen molar-refractivity contribution in [1.29, 1.82) is 0 Å². The van der Waals surface area contributed by atoms with Gasteiger partial charge in [0.25, 0.3) is 15.0 Å². The Hall–Kier alpha value is -1.21. The van der Waals surface area contributed by atoms with E-state index in [-0.39, 0.29) is 12.0 Å². The van der Waals surface area contributed by atoms with Gasteiger partial charge >= 0.3 is 0 Å². The maximum absolute atomic E-state index is 14.0. The van der Waals surface area contributed by atoms with Crippen LogP contribution in [0, 0.1) is 17.0 Å². The number of halogens is 3. The van der Waals surface area contributed by atoms with Crippen molar-refractivity contribution in [2.75, 3.05) is 6.54 Å². The molecule has 0 unspecified atom stereocenters. The molecule has 8 heteroatoms. The first-order valence-electron chi connectivity index (χ1n) is 6.14. The van der Waals surface area contributed by atoms with Gasteiger partial charge in [0.2, 0.25) is 0 Å². The van der Waals surface area contributed by atoms with Gasteiger partial charge in [-0.05, 0) is 24.0 Å². The van der Waals surface area contributed by atoms with Gasteiger partial charge in [0, 0.05) is 17.2 Å². The summed E-state index contributed by atoms with van der Waals surface area (Å²) in [5.41, 5.74) is -0.735. The fourth-order valence-corrected chi connectivity index (χ4v) is 2.47. The molecule has 0 aliphatic carbocycles. The van der Waals surface area contributed by atoms with Gasteiger partial charge in [-0.2, -0.15) is 0 Å². The molecule has 0 bridgehead atoms. The van der Waals surface area contributed by atoms with Gasteiger partial charge in [0.1, 0.15) is 10.7 Å². The van der Waals surface area contributed by atoms with E-state index in [2.05, 4.69) is 5.32 Å². The third-order valence-electron chi connectivity index (χ3n) is 2.67. The molecule has 1 aromatic carbocycles. The van der Waals surface area contributed by atoms with Crippen molar-refractivity contribution in [2.45, 2.75) is 32.1 Å². The smallest absolute Gasteiger partial charge is 0.264 e. The average molecular weight is 340 g/mol. The Morgan fingerprint density at radius 3 is 2.33 bits per heavy atom. The number of rotatable bonds is 4. The van der Waals surface area contributed by atoms with E-state index in [4.69, 9.17) is 10.7 Å². The number of carbonyl (C=O) groups is 1. The van der Waals surface area contributed by atoms with Crippen LogP contribution in [-0.2, 0) is 9.05 Å². The summed E-state index contributed by atoms with van der Waals surface area (Å²) in [5.74, 6) is -3.31. The highest BCUT2D eigenvalue weighted by Crippen LogP contribution is 2.23. The molecule has 0 aliphatic rings. The molecule has 0 heterocycles. The van der Waals surface area contributed by atoms with Crippen LogP contribution >= 0.6 is 10.7 Å². The monoisotopic (exact) mass is 339 g/mol. The molecule has 0 fully saturated rings. The van der Waals surface area contributed by atoms with Crippen LogP contribution in [-0.4, -0.2) is 20.9 Å². The van der Waals surface area contributed by atoms with Crippen LogP contribution in [0.4, 0.5) is 8.78 Å². The van der Waals surface area contributed by atoms with Gasteiger partial charge in [-0.25, -0.2) is 17.2 Å². The molecular weight excluding hydrogens is 324 g/mol. The molecule has 1 N–H and O–H groups in total. The summed E-state index contributed by atoms with van der Waals surface area (Å²) in [7, 11) is 0.532. The summed E-state index contributed by atoms with van der Waals surface area (Å²) in [6, 6.07) is 1.07. The fourth-order valence-electron chi connectivity index (χ4n) is 1.55. The minimum absolute atomic E-state index is 0.0433. The zero-order valence-corrected chi connectivity index (χ0v) is 13.4. The maximum Gasteiger partial charge on any atom is 0.264 e. The van der Waals surface area contributed by atoms with Gasteiger partial charge in [-0.1, -0.05) is 20.8 Å². The van der Waals surface area contributed by atoms with Crippen LogP contribution in [0.5, 0.6) is 0 Å². The third-order valence-corrected chi connectivity index (χ3v) is 3.99. The maximum atomic E-state index is 14.0. The third kappa shape index (κ3) is 5.24. The van der Waals surface area contributed by atoms with Crippen LogP contribution in [0.1, 0.15) is 37.6 Å². The SMILES string of the molecule is CC(C)(C)CCNC(=O)c1cc(F)cc(S(=O)(=O)Cl)c1F. The summed E-state index contributed by atoms with van der Waals surface area (Å²) in [5, 5.41) is 2.42. The Labute approximate surface area is 126 Å². The lowest BCUT2D eigenvalue weighted by Crippen LogP contribution is -2.28. The molecule has 1 amide bonds. The standard InChI is InChI=1S/C13H16ClF2NO3S/c1-13(2,3)4-5-17-12(18)9-6-8(15)7-10(11(9)16)21(14,19)20/h6-7H,4-5H2,1-3H3,(H,17,18). The van der Waals surface area contributed by atoms with Crippen molar-refractivity contribution >= 4 is 25.6 Å². The molecule has 0 saturated heterocycles. The van der Waals surface area contributed by atoms with E-state index in [1.807, 2.05) is 20.8 Å². The molecular formula is C13H16ClF2NO3S. The van der Waals surface area contributed by atoms with Gasteiger partial charge < -0.3 is 5.32 Å². The molecule has 0 aliphatic heterocycles. The Balaban J connectivity index is 3.03. The van der Waals surface area contributed by atoms with Gasteiger partial charge in [-0.3, -0.25) is 4.79 Å². The minimum Gasteiger partial charge on any atom is -0.352 e. The summed E-state index contributed by atoms with van der Waals surface area (Å²) < 4.78 is 49.6. The molecule has 0 spiro atoms. The Morgan fingerprint density at radius 1 is 1.29 bits per heavy atom. The topological polar surface area (TPSA) is 63.2 Å². The molecule has 0 aromatic heterocycles. The molecule has 1 aromatic rings. The highest BCUT2D eigenvalue weighted by Gasteiger charge is 2.24. The van der Waals surface area contributed by atoms with Gasteiger partial charge in [0.05, 0.1) is 5.56 Å². The van der Waals surface area contributed by atoms with E-state index in [9.17, 15) is 22.0 Å². The van der Waals surface area contributed by atoms with Crippen molar-refractivity contribution in [3.8, 4) is 0 Å². The Morgan fingerprint density at radius 2 is 1.86 bits per heavy atom. The fraction of sp³-hybridized carbons (Fsp3) is 0.462. The quantitative estimate of drug-likeness (QED) is 0.857. The first-order valence-corrected chi connectivity index (χ1v) is 8.44. The van der Waals surface area contributed by atoms with E-state index in [0.29, 0.717) is 18.6 Å². The lowest BCUT2D eigenvalue weighted by Gasteiger charge is -2.18. The average Bonchev–Trinajstić information content (AvgIpc) is 2.28. The molecule has 1 rings (SSSR count). The second-order valence-corrected chi connectivity index (χ2v) is 8.30. The molecule has 118 valence electrons. The molecule has 21 heavy (non-hydrogen) atoms. The van der Waals surface area contributed by atoms with E-state index in [1.165, 1.54) is 0 Å². The predicted octanol–water partition coefficient (Wildman–Crippen LogP) is 3.06. The normalized spacial score (nSPS) is 12.3. The van der Waals surface area contributed by atoms with E-state index in [1.54, 1.807) is 0 Å². The van der Waals surface area contributed by atoms with Crippen LogP contribution in [0.25, 0.3) is 0 Å². The summed E-state index contributed by atoms with van der Waals surface area (Å²) in [4.78, 5) is 10.8. The summed E-state index contributed by atoms with van der Waals surface area (Å²) in [6.07, 6.45) is 0.621. The Bertz CT molecular complexity index is 654. The second kappa shape index (κ2) is 6.27. The highest BCUT2D eigenvalue weighted by molar-refractivity contribution is 8.13. The van der Waals surface area contributed by atoms with Crippen LogP contribution < -0.4 is 5.32 Å². The van der Waals surface area contributed by atoms with Crippen LogP contribution in [0.2, 0.25) is 0 Å². The zero-order chi connectivity index (χ0) is 16.4. The molecule has 4 nitrogen and oxygen atoms in total. The van der Waals surface area contributed by atoms with Crippen molar-refractivity contribution < 1.29 is 22.0 Å². The van der Waals surface area contributed by atoms with Crippen LogP contribution in [0.3, 0.4) is 0 Å². The lowest BCUT2D eigenvalue weighted by atomic mass is 9.92. The summed E-state index contributed by atoms with van der Waals surface area (Å²) in [6.45, 7) is 6.13. The van der Waals surface area contributed by atoms with E-state index >= 15 is 0 Å². The summed E-state index contributed by atoms with van der Waals surface area (Å²) >= 11 is 0. The van der Waals surface area contributed by atoms with Crippen molar-refractivity contribution in [2.24, 2.45) is 5.41 Å². The van der Waals surface area contributed by atoms with Crippen molar-refractivity contribution in [3.05, 3.63) is 29.3 Å². The molecule has 0 atom stereocenters. The Kier molecular flexibility index (Phi) is 5.33.